The minimum absolute atomic E-state index is 0.0840. The number of halogens is 1. The molecule has 0 atom stereocenters. The lowest BCUT2D eigenvalue weighted by Crippen LogP contribution is -2.38. The maximum absolute atomic E-state index is 9.80. The molecule has 102 valence electrons. The molecule has 0 saturated heterocycles. The number of aliphatic hydroxyl groups excluding tert-OH is 2. The maximum atomic E-state index is 9.80. The highest BCUT2D eigenvalue weighted by molar-refractivity contribution is 6.32. The number of nitrogens with zero attached hydrogens (tertiary/aromatic N) is 1. The van der Waals surface area contributed by atoms with Crippen LogP contribution in [0.5, 0.6) is 5.75 Å². The minimum Gasteiger partial charge on any atom is -0.506 e. The van der Waals surface area contributed by atoms with Crippen LogP contribution in [-0.4, -0.2) is 47.0 Å². The molecule has 3 N–H and O–H groups in total. The number of benzene rings is 1. The normalized spacial score (nSPS) is 12.1. The molecule has 0 saturated carbocycles. The molecule has 0 aliphatic rings. The van der Waals surface area contributed by atoms with Gasteiger partial charge in [0, 0.05) is 24.1 Å². The zero-order chi connectivity index (χ0) is 13.8. The van der Waals surface area contributed by atoms with Crippen molar-refractivity contribution in [3.05, 3.63) is 28.8 Å². The summed E-state index contributed by atoms with van der Waals surface area (Å²) in [7, 11) is 1.86. The third-order valence-corrected chi connectivity index (χ3v) is 3.23. The lowest BCUT2D eigenvalue weighted by Gasteiger charge is -2.30. The Morgan fingerprint density at radius 3 is 2.44 bits per heavy atom. The van der Waals surface area contributed by atoms with E-state index in [1.165, 1.54) is 0 Å². The van der Waals surface area contributed by atoms with Gasteiger partial charge in [0.05, 0.1) is 18.2 Å². The Bertz CT molecular complexity index is 394. The van der Waals surface area contributed by atoms with Crippen LogP contribution in [0.25, 0.3) is 0 Å². The number of aromatic hydroxyl groups is 1. The molecule has 0 unspecified atom stereocenters. The highest BCUT2D eigenvalue weighted by atomic mass is 35.5. The Morgan fingerprint density at radius 1 is 1.28 bits per heavy atom. The molecule has 18 heavy (non-hydrogen) atoms. The molecular formula is C13H20ClNO3. The fraction of sp³-hybridized carbons (Fsp3) is 0.538. The van der Waals surface area contributed by atoms with E-state index in [0.29, 0.717) is 18.1 Å². The van der Waals surface area contributed by atoms with Gasteiger partial charge in [0.2, 0.25) is 0 Å². The fourth-order valence-electron chi connectivity index (χ4n) is 1.84. The van der Waals surface area contributed by atoms with E-state index in [1.54, 1.807) is 25.1 Å². The second-order valence-corrected chi connectivity index (χ2v) is 5.45. The number of hydrogen-bond donors (Lipinski definition) is 3. The van der Waals surface area contributed by atoms with Crippen molar-refractivity contribution < 1.29 is 15.3 Å². The van der Waals surface area contributed by atoms with Crippen molar-refractivity contribution in [2.75, 3.05) is 26.8 Å². The van der Waals surface area contributed by atoms with Crippen molar-refractivity contribution in [2.24, 2.45) is 5.41 Å². The first-order valence-corrected chi connectivity index (χ1v) is 6.16. The third-order valence-electron chi connectivity index (χ3n) is 2.93. The van der Waals surface area contributed by atoms with Gasteiger partial charge in [0.25, 0.3) is 0 Å². The van der Waals surface area contributed by atoms with Crippen molar-refractivity contribution in [1.82, 2.24) is 4.90 Å². The van der Waals surface area contributed by atoms with Crippen LogP contribution in [0, 0.1) is 5.41 Å². The van der Waals surface area contributed by atoms with Gasteiger partial charge in [-0.25, -0.2) is 0 Å². The van der Waals surface area contributed by atoms with Crippen LogP contribution in [0.3, 0.4) is 0 Å². The average molecular weight is 274 g/mol. The molecule has 0 radical (unpaired) electrons. The summed E-state index contributed by atoms with van der Waals surface area (Å²) in [6.45, 7) is 2.65. The molecule has 0 aromatic heterocycles. The molecule has 0 amide bonds. The summed E-state index contributed by atoms with van der Waals surface area (Å²) in [6.07, 6.45) is 0. The highest BCUT2D eigenvalue weighted by Gasteiger charge is 2.24. The second kappa shape index (κ2) is 6.38. The number of hydrogen-bond acceptors (Lipinski definition) is 4. The summed E-state index contributed by atoms with van der Waals surface area (Å²) in [4.78, 5) is 1.93. The van der Waals surface area contributed by atoms with E-state index in [4.69, 9.17) is 11.6 Å². The molecule has 0 spiro atoms. The number of rotatable bonds is 6. The summed E-state index contributed by atoms with van der Waals surface area (Å²) in [5.41, 5.74) is 0.173. The zero-order valence-electron chi connectivity index (χ0n) is 10.7. The van der Waals surface area contributed by atoms with Crippen LogP contribution >= 0.6 is 11.6 Å². The van der Waals surface area contributed by atoms with Gasteiger partial charge in [0.1, 0.15) is 5.75 Å². The maximum Gasteiger partial charge on any atom is 0.138 e. The van der Waals surface area contributed by atoms with Gasteiger partial charge in [-0.1, -0.05) is 30.7 Å². The first-order chi connectivity index (χ1) is 8.41. The largest absolute Gasteiger partial charge is 0.506 e. The predicted octanol–water partition coefficient (Wildman–Crippen LogP) is 1.47. The molecule has 0 aliphatic carbocycles. The lowest BCUT2D eigenvalue weighted by atomic mass is 9.92. The third kappa shape index (κ3) is 3.85. The van der Waals surface area contributed by atoms with Crippen molar-refractivity contribution in [2.45, 2.75) is 13.5 Å². The number of phenolic OH excluding ortho intramolecular Hbond substituents is 1. The molecule has 0 fully saturated rings. The van der Waals surface area contributed by atoms with E-state index in [9.17, 15) is 15.3 Å². The minimum atomic E-state index is -0.553. The van der Waals surface area contributed by atoms with Gasteiger partial charge in [-0.3, -0.25) is 0 Å². The molecule has 4 nitrogen and oxygen atoms in total. The average Bonchev–Trinajstić information content (AvgIpc) is 2.34. The van der Waals surface area contributed by atoms with Crippen LogP contribution in [-0.2, 0) is 6.54 Å². The molecular weight excluding hydrogens is 254 g/mol. The SMILES string of the molecule is CN(Cc1cccc(Cl)c1O)CC(C)(CO)CO. The summed E-state index contributed by atoms with van der Waals surface area (Å²) in [5.74, 6) is 0.0840. The first kappa shape index (κ1) is 15.2. The summed E-state index contributed by atoms with van der Waals surface area (Å²) < 4.78 is 0. The molecule has 1 aromatic carbocycles. The van der Waals surface area contributed by atoms with Crippen LogP contribution in [0.4, 0.5) is 0 Å². The molecule has 1 aromatic rings. The van der Waals surface area contributed by atoms with Gasteiger partial charge in [0.15, 0.2) is 0 Å². The summed E-state index contributed by atoms with van der Waals surface area (Å²) in [6, 6.07) is 5.21. The van der Waals surface area contributed by atoms with Crippen molar-refractivity contribution in [1.29, 1.82) is 0 Å². The number of phenols is 1. The van der Waals surface area contributed by atoms with Crippen molar-refractivity contribution in [3.8, 4) is 5.75 Å². The van der Waals surface area contributed by atoms with E-state index in [1.807, 2.05) is 11.9 Å². The second-order valence-electron chi connectivity index (χ2n) is 5.05. The van der Waals surface area contributed by atoms with Crippen LogP contribution in [0.15, 0.2) is 18.2 Å². The predicted molar refractivity (Wildman–Crippen MR) is 71.7 cm³/mol. The van der Waals surface area contributed by atoms with E-state index in [0.717, 1.165) is 5.56 Å². The standard InChI is InChI=1S/C13H20ClNO3/c1-13(8-16,9-17)7-15(2)6-10-4-3-5-11(14)12(10)18/h3-5,16-18H,6-9H2,1-2H3. The van der Waals surface area contributed by atoms with Crippen molar-refractivity contribution >= 4 is 11.6 Å². The molecule has 1 rings (SSSR count). The highest BCUT2D eigenvalue weighted by Crippen LogP contribution is 2.28. The molecule has 0 aliphatic heterocycles. The molecule has 0 heterocycles. The number of para-hydroxylation sites is 1. The smallest absolute Gasteiger partial charge is 0.138 e. The van der Waals surface area contributed by atoms with Crippen LogP contribution < -0.4 is 0 Å². The quantitative estimate of drug-likeness (QED) is 0.734. The Labute approximate surface area is 112 Å². The Morgan fingerprint density at radius 2 is 1.89 bits per heavy atom. The molecule has 5 heteroatoms. The van der Waals surface area contributed by atoms with Crippen LogP contribution in [0.1, 0.15) is 12.5 Å². The summed E-state index contributed by atoms with van der Waals surface area (Å²) in [5, 5.41) is 28.6. The Hall–Kier alpha value is -0.810. The van der Waals surface area contributed by atoms with E-state index in [2.05, 4.69) is 0 Å². The van der Waals surface area contributed by atoms with Gasteiger partial charge >= 0.3 is 0 Å². The van der Waals surface area contributed by atoms with Gasteiger partial charge in [-0.05, 0) is 13.1 Å². The zero-order valence-corrected chi connectivity index (χ0v) is 11.5. The van der Waals surface area contributed by atoms with Gasteiger partial charge < -0.3 is 20.2 Å². The van der Waals surface area contributed by atoms with Gasteiger partial charge in [-0.15, -0.1) is 0 Å². The number of aliphatic hydroxyl groups is 2. The van der Waals surface area contributed by atoms with Crippen molar-refractivity contribution in [3.63, 3.8) is 0 Å². The first-order valence-electron chi connectivity index (χ1n) is 5.78. The van der Waals surface area contributed by atoms with E-state index < -0.39 is 5.41 Å². The van der Waals surface area contributed by atoms with Crippen LogP contribution in [0.2, 0.25) is 5.02 Å². The van der Waals surface area contributed by atoms with Gasteiger partial charge in [-0.2, -0.15) is 0 Å². The van der Waals surface area contributed by atoms with E-state index in [-0.39, 0.29) is 19.0 Å². The summed E-state index contributed by atoms with van der Waals surface area (Å²) >= 11 is 5.84. The monoisotopic (exact) mass is 273 g/mol. The lowest BCUT2D eigenvalue weighted by molar-refractivity contribution is 0.0400. The molecule has 0 bridgehead atoms. The fourth-order valence-corrected chi connectivity index (χ4v) is 2.03. The van der Waals surface area contributed by atoms with E-state index >= 15 is 0 Å². The Kier molecular flexibility index (Phi) is 5.41. The Balaban J connectivity index is 2.70. The topological polar surface area (TPSA) is 63.9 Å².